The molecule has 0 bridgehead atoms. The van der Waals surface area contributed by atoms with Crippen molar-refractivity contribution in [2.75, 3.05) is 0 Å². The van der Waals surface area contributed by atoms with Crippen LogP contribution in [0.5, 0.6) is 0 Å². The molecule has 0 fully saturated rings. The molecule has 2 aromatic rings. The Morgan fingerprint density at radius 3 is 2.38 bits per heavy atom. The van der Waals surface area contributed by atoms with Crippen molar-refractivity contribution >= 4 is 0 Å². The normalized spacial score (nSPS) is 10.7. The van der Waals surface area contributed by atoms with Crippen LogP contribution in [0, 0.1) is 0 Å². The Bertz CT molecular complexity index is 526. The van der Waals surface area contributed by atoms with Gasteiger partial charge >= 0.3 is 0 Å². The summed E-state index contributed by atoms with van der Waals surface area (Å²) in [4.78, 5) is 18.0. The van der Waals surface area contributed by atoms with E-state index in [-0.39, 0.29) is 5.56 Å². The molecular weight excluding hydrogens is 200 g/mol. The fourth-order valence-corrected chi connectivity index (χ4v) is 1.54. The summed E-state index contributed by atoms with van der Waals surface area (Å²) in [5.41, 5.74) is 2.09. The van der Waals surface area contributed by atoms with Gasteiger partial charge < -0.3 is 4.98 Å². The first-order chi connectivity index (χ1) is 7.66. The lowest BCUT2D eigenvalue weighted by Gasteiger charge is -2.06. The summed E-state index contributed by atoms with van der Waals surface area (Å²) in [6.07, 6.45) is 1.52. The third-order valence-corrected chi connectivity index (χ3v) is 2.52. The van der Waals surface area contributed by atoms with E-state index in [2.05, 4.69) is 35.9 Å². The number of benzene rings is 1. The molecule has 0 spiro atoms. The zero-order valence-corrected chi connectivity index (χ0v) is 9.40. The number of nitrogens with one attached hydrogen (secondary N) is 1. The second-order valence-corrected chi connectivity index (χ2v) is 4.06. The molecule has 2 rings (SSSR count). The van der Waals surface area contributed by atoms with Gasteiger partial charge in [-0.25, -0.2) is 4.98 Å². The van der Waals surface area contributed by atoms with E-state index in [1.54, 1.807) is 0 Å². The Labute approximate surface area is 94.2 Å². The van der Waals surface area contributed by atoms with Gasteiger partial charge in [-0.3, -0.25) is 4.79 Å². The predicted molar refractivity (Wildman–Crippen MR) is 64.4 cm³/mol. The number of aromatic nitrogens is 2. The van der Waals surface area contributed by atoms with Crippen LogP contribution in [-0.4, -0.2) is 9.97 Å². The summed E-state index contributed by atoms with van der Waals surface area (Å²) in [5.74, 6) is 1.12. The average Bonchev–Trinajstić information content (AvgIpc) is 2.29. The Balaban J connectivity index is 2.38. The Morgan fingerprint density at radius 2 is 1.81 bits per heavy atom. The second-order valence-electron chi connectivity index (χ2n) is 4.06. The predicted octanol–water partition coefficient (Wildman–Crippen LogP) is 2.56. The maximum Gasteiger partial charge on any atom is 0.251 e. The molecule has 1 aromatic carbocycles. The standard InChI is InChI=1S/C13H14N2O/c1-9(2)10-3-5-11(6-4-10)13-14-8-7-12(16)15-13/h3-9H,1-2H3,(H,14,15,16). The van der Waals surface area contributed by atoms with Gasteiger partial charge in [0.2, 0.25) is 0 Å². The number of hydrogen-bond acceptors (Lipinski definition) is 2. The monoisotopic (exact) mass is 214 g/mol. The van der Waals surface area contributed by atoms with E-state index >= 15 is 0 Å². The zero-order chi connectivity index (χ0) is 11.5. The molecule has 0 saturated carbocycles. The highest BCUT2D eigenvalue weighted by Crippen LogP contribution is 2.18. The molecular formula is C13H14N2O. The molecule has 3 nitrogen and oxygen atoms in total. The largest absolute Gasteiger partial charge is 0.307 e. The van der Waals surface area contributed by atoms with Gasteiger partial charge in [-0.2, -0.15) is 0 Å². The fraction of sp³-hybridized carbons (Fsp3) is 0.231. The number of aromatic amines is 1. The minimum atomic E-state index is -0.127. The first-order valence-electron chi connectivity index (χ1n) is 5.32. The lowest BCUT2D eigenvalue weighted by Crippen LogP contribution is -2.05. The van der Waals surface area contributed by atoms with Crippen molar-refractivity contribution in [1.29, 1.82) is 0 Å². The lowest BCUT2D eigenvalue weighted by atomic mass is 10.0. The van der Waals surface area contributed by atoms with Crippen LogP contribution in [-0.2, 0) is 0 Å². The fourth-order valence-electron chi connectivity index (χ4n) is 1.54. The molecule has 3 heteroatoms. The minimum Gasteiger partial charge on any atom is -0.307 e. The zero-order valence-electron chi connectivity index (χ0n) is 9.40. The van der Waals surface area contributed by atoms with Crippen molar-refractivity contribution in [3.63, 3.8) is 0 Å². The molecule has 0 atom stereocenters. The summed E-state index contributed by atoms with van der Waals surface area (Å²) in [6, 6.07) is 9.49. The second kappa shape index (κ2) is 4.31. The Kier molecular flexibility index (Phi) is 2.86. The van der Waals surface area contributed by atoms with Crippen LogP contribution >= 0.6 is 0 Å². The van der Waals surface area contributed by atoms with Gasteiger partial charge in [-0.05, 0) is 11.5 Å². The molecule has 16 heavy (non-hydrogen) atoms. The van der Waals surface area contributed by atoms with E-state index in [1.165, 1.54) is 17.8 Å². The van der Waals surface area contributed by atoms with Gasteiger partial charge in [-0.15, -0.1) is 0 Å². The number of nitrogens with zero attached hydrogens (tertiary/aromatic N) is 1. The third kappa shape index (κ3) is 2.19. The van der Waals surface area contributed by atoms with E-state index in [9.17, 15) is 4.79 Å². The quantitative estimate of drug-likeness (QED) is 0.835. The topological polar surface area (TPSA) is 45.8 Å². The van der Waals surface area contributed by atoms with Crippen LogP contribution in [0.15, 0.2) is 41.3 Å². The molecule has 0 aliphatic carbocycles. The van der Waals surface area contributed by atoms with E-state index < -0.39 is 0 Å². The van der Waals surface area contributed by atoms with Crippen LogP contribution in [0.2, 0.25) is 0 Å². The summed E-state index contributed by atoms with van der Waals surface area (Å²) in [6.45, 7) is 4.30. The molecule has 0 amide bonds. The van der Waals surface area contributed by atoms with Crippen LogP contribution in [0.3, 0.4) is 0 Å². The van der Waals surface area contributed by atoms with Gasteiger partial charge in [0.05, 0.1) is 0 Å². The van der Waals surface area contributed by atoms with Gasteiger partial charge in [0.25, 0.3) is 5.56 Å². The SMILES string of the molecule is CC(C)c1ccc(-c2nccc(=O)[nH]2)cc1. The molecule has 0 unspecified atom stereocenters. The summed E-state index contributed by atoms with van der Waals surface area (Å²) in [5, 5.41) is 0. The maximum absolute atomic E-state index is 11.1. The van der Waals surface area contributed by atoms with Crippen molar-refractivity contribution in [3.8, 4) is 11.4 Å². The molecule has 0 aliphatic heterocycles. The first-order valence-corrected chi connectivity index (χ1v) is 5.32. The molecule has 0 saturated heterocycles. The van der Waals surface area contributed by atoms with Crippen molar-refractivity contribution in [3.05, 3.63) is 52.4 Å². The van der Waals surface area contributed by atoms with Crippen LogP contribution in [0.25, 0.3) is 11.4 Å². The highest BCUT2D eigenvalue weighted by molar-refractivity contribution is 5.54. The third-order valence-electron chi connectivity index (χ3n) is 2.52. The molecule has 0 radical (unpaired) electrons. The Hall–Kier alpha value is -1.90. The summed E-state index contributed by atoms with van der Waals surface area (Å²) >= 11 is 0. The Morgan fingerprint density at radius 1 is 1.12 bits per heavy atom. The van der Waals surface area contributed by atoms with Crippen molar-refractivity contribution < 1.29 is 0 Å². The number of rotatable bonds is 2. The summed E-state index contributed by atoms with van der Waals surface area (Å²) < 4.78 is 0. The van der Waals surface area contributed by atoms with Crippen LogP contribution in [0.4, 0.5) is 0 Å². The highest BCUT2D eigenvalue weighted by atomic mass is 16.1. The molecule has 1 aromatic heterocycles. The van der Waals surface area contributed by atoms with Gasteiger partial charge in [0.15, 0.2) is 0 Å². The molecule has 1 N–H and O–H groups in total. The maximum atomic E-state index is 11.1. The smallest absolute Gasteiger partial charge is 0.251 e. The van der Waals surface area contributed by atoms with Crippen molar-refractivity contribution in [1.82, 2.24) is 9.97 Å². The van der Waals surface area contributed by atoms with Gasteiger partial charge in [-0.1, -0.05) is 38.1 Å². The first kappa shape index (κ1) is 10.6. The average molecular weight is 214 g/mol. The lowest BCUT2D eigenvalue weighted by molar-refractivity contribution is 0.867. The van der Waals surface area contributed by atoms with E-state index in [0.29, 0.717) is 11.7 Å². The van der Waals surface area contributed by atoms with E-state index in [1.807, 2.05) is 12.1 Å². The highest BCUT2D eigenvalue weighted by Gasteiger charge is 2.02. The summed E-state index contributed by atoms with van der Waals surface area (Å²) in [7, 11) is 0. The van der Waals surface area contributed by atoms with Gasteiger partial charge in [0, 0.05) is 17.8 Å². The molecule has 1 heterocycles. The molecule has 0 aliphatic rings. The van der Waals surface area contributed by atoms with E-state index in [0.717, 1.165) is 5.56 Å². The number of H-pyrrole nitrogens is 1. The van der Waals surface area contributed by atoms with Crippen LogP contribution < -0.4 is 5.56 Å². The number of hydrogen-bond donors (Lipinski definition) is 1. The van der Waals surface area contributed by atoms with Crippen molar-refractivity contribution in [2.45, 2.75) is 19.8 Å². The van der Waals surface area contributed by atoms with Crippen molar-refractivity contribution in [2.24, 2.45) is 0 Å². The van der Waals surface area contributed by atoms with E-state index in [4.69, 9.17) is 0 Å². The van der Waals surface area contributed by atoms with Crippen LogP contribution in [0.1, 0.15) is 25.3 Å². The molecule has 82 valence electrons. The minimum absolute atomic E-state index is 0.127. The van der Waals surface area contributed by atoms with Gasteiger partial charge in [0.1, 0.15) is 5.82 Å².